The van der Waals surface area contributed by atoms with Crippen molar-refractivity contribution in [1.82, 2.24) is 0 Å². The van der Waals surface area contributed by atoms with Crippen LogP contribution in [0, 0.1) is 5.92 Å². The lowest BCUT2D eigenvalue weighted by Gasteiger charge is -2.15. The molecule has 1 N–H and O–H groups in total. The maximum Gasteiger partial charge on any atom is 0.315 e. The SMILES string of the molecule is C=C/C=C\C(=C/C=C)C(C(=O)O)C(/C=C\C=C)=C/C=C. The average molecular weight is 268 g/mol. The number of aliphatic carboxylic acids is 1. The van der Waals surface area contributed by atoms with Crippen LogP contribution in [0.5, 0.6) is 0 Å². The first-order chi connectivity index (χ1) is 9.62. The molecule has 0 fully saturated rings. The summed E-state index contributed by atoms with van der Waals surface area (Å²) in [6.45, 7) is 14.4. The second-order valence-corrected chi connectivity index (χ2v) is 3.77. The molecule has 20 heavy (non-hydrogen) atoms. The molecule has 0 atom stereocenters. The molecule has 0 aromatic carbocycles. The molecule has 0 saturated heterocycles. The minimum absolute atomic E-state index is 0.606. The number of rotatable bonds is 9. The van der Waals surface area contributed by atoms with Crippen LogP contribution in [0.4, 0.5) is 0 Å². The zero-order chi connectivity index (χ0) is 15.4. The fourth-order valence-corrected chi connectivity index (χ4v) is 1.60. The summed E-state index contributed by atoms with van der Waals surface area (Å²) in [6, 6.07) is 0. The van der Waals surface area contributed by atoms with Gasteiger partial charge in [-0.15, -0.1) is 0 Å². The first kappa shape index (κ1) is 17.4. The van der Waals surface area contributed by atoms with Crippen molar-refractivity contribution in [1.29, 1.82) is 0 Å². The van der Waals surface area contributed by atoms with E-state index in [1.165, 1.54) is 0 Å². The van der Waals surface area contributed by atoms with Crippen molar-refractivity contribution in [3.8, 4) is 0 Å². The molecule has 0 aliphatic heterocycles. The highest BCUT2D eigenvalue weighted by molar-refractivity contribution is 5.79. The Kier molecular flexibility index (Phi) is 8.98. The Balaban J connectivity index is 5.85. The van der Waals surface area contributed by atoms with E-state index < -0.39 is 11.9 Å². The van der Waals surface area contributed by atoms with Crippen LogP contribution in [-0.2, 0) is 4.79 Å². The monoisotopic (exact) mass is 268 g/mol. The van der Waals surface area contributed by atoms with Gasteiger partial charge in [0.2, 0.25) is 0 Å². The van der Waals surface area contributed by atoms with E-state index in [0.717, 1.165) is 0 Å². The molecule has 0 unspecified atom stereocenters. The largest absolute Gasteiger partial charge is 0.481 e. The van der Waals surface area contributed by atoms with Crippen LogP contribution >= 0.6 is 0 Å². The fourth-order valence-electron chi connectivity index (χ4n) is 1.60. The zero-order valence-electron chi connectivity index (χ0n) is 11.5. The third kappa shape index (κ3) is 5.83. The normalized spacial score (nSPS) is 14.2. The molecule has 0 spiro atoms. The topological polar surface area (TPSA) is 37.3 Å². The molecule has 104 valence electrons. The smallest absolute Gasteiger partial charge is 0.315 e. The van der Waals surface area contributed by atoms with Crippen molar-refractivity contribution < 1.29 is 9.90 Å². The number of hydrogen-bond acceptors (Lipinski definition) is 1. The van der Waals surface area contributed by atoms with Gasteiger partial charge in [-0.1, -0.05) is 87.1 Å². The average Bonchev–Trinajstić information content (AvgIpc) is 2.42. The van der Waals surface area contributed by atoms with Crippen molar-refractivity contribution >= 4 is 5.97 Å². The van der Waals surface area contributed by atoms with E-state index >= 15 is 0 Å². The Bertz CT molecular complexity index is 460. The summed E-state index contributed by atoms with van der Waals surface area (Å²) >= 11 is 0. The summed E-state index contributed by atoms with van der Waals surface area (Å²) in [6.07, 6.45) is 16.4. The molecule has 2 nitrogen and oxygen atoms in total. The predicted octanol–water partition coefficient (Wildman–Crippen LogP) is 4.40. The Labute approximate surface area is 120 Å². The molecule has 0 rings (SSSR count). The molecule has 0 bridgehead atoms. The van der Waals surface area contributed by atoms with Crippen molar-refractivity contribution in [2.75, 3.05) is 0 Å². The number of carboxylic acids is 1. The Morgan fingerprint density at radius 2 is 1.20 bits per heavy atom. The minimum atomic E-state index is -0.950. The Morgan fingerprint density at radius 3 is 1.45 bits per heavy atom. The standard InChI is InChI=1S/C18H20O2/c1-5-9-13-15(11-7-3)17(18(19)20)16(12-8-4)14-10-6-2/h5-14,17H,1-4H2,(H,19,20)/b13-9-,14-10-,15-11+,16-12+. The summed E-state index contributed by atoms with van der Waals surface area (Å²) in [7, 11) is 0. The molecule has 0 aromatic heterocycles. The Hall–Kier alpha value is -2.61. The van der Waals surface area contributed by atoms with Gasteiger partial charge in [0.1, 0.15) is 5.92 Å². The summed E-state index contributed by atoms with van der Waals surface area (Å²) < 4.78 is 0. The fraction of sp³-hybridized carbons (Fsp3) is 0.0556. The molecule has 0 amide bonds. The van der Waals surface area contributed by atoms with Crippen LogP contribution in [0.15, 0.2) is 98.2 Å². The lowest BCUT2D eigenvalue weighted by molar-refractivity contribution is -0.139. The lowest BCUT2D eigenvalue weighted by atomic mass is 9.89. The molecule has 0 aromatic rings. The second-order valence-electron chi connectivity index (χ2n) is 3.77. The summed E-state index contributed by atoms with van der Waals surface area (Å²) in [5.74, 6) is -1.76. The first-order valence-corrected chi connectivity index (χ1v) is 6.08. The van der Waals surface area contributed by atoms with E-state index in [1.807, 2.05) is 0 Å². The number of allylic oxidation sites excluding steroid dienone is 10. The highest BCUT2D eigenvalue weighted by Crippen LogP contribution is 2.24. The van der Waals surface area contributed by atoms with Gasteiger partial charge >= 0.3 is 5.97 Å². The van der Waals surface area contributed by atoms with Crippen molar-refractivity contribution in [2.45, 2.75) is 0 Å². The van der Waals surface area contributed by atoms with Crippen LogP contribution in [0.25, 0.3) is 0 Å². The lowest BCUT2D eigenvalue weighted by Crippen LogP contribution is -2.17. The second kappa shape index (κ2) is 10.3. The van der Waals surface area contributed by atoms with Gasteiger partial charge in [-0.25, -0.2) is 0 Å². The van der Waals surface area contributed by atoms with Crippen LogP contribution < -0.4 is 0 Å². The Morgan fingerprint density at radius 1 is 0.800 bits per heavy atom. The third-order valence-electron chi connectivity index (χ3n) is 2.38. The quantitative estimate of drug-likeness (QED) is 0.629. The van der Waals surface area contributed by atoms with Crippen molar-refractivity contribution in [3.05, 3.63) is 98.2 Å². The van der Waals surface area contributed by atoms with Crippen molar-refractivity contribution in [2.24, 2.45) is 5.92 Å². The zero-order valence-corrected chi connectivity index (χ0v) is 11.5. The van der Waals surface area contributed by atoms with E-state index in [0.29, 0.717) is 11.1 Å². The van der Waals surface area contributed by atoms with E-state index in [4.69, 9.17) is 0 Å². The summed E-state index contributed by atoms with van der Waals surface area (Å²) in [5.41, 5.74) is 1.21. The number of carbonyl (C=O) groups is 1. The maximum absolute atomic E-state index is 11.6. The molecular weight excluding hydrogens is 248 g/mol. The molecule has 0 radical (unpaired) electrons. The van der Waals surface area contributed by atoms with Gasteiger partial charge in [0, 0.05) is 0 Å². The van der Waals surface area contributed by atoms with Gasteiger partial charge in [0.15, 0.2) is 0 Å². The minimum Gasteiger partial charge on any atom is -0.481 e. The van der Waals surface area contributed by atoms with E-state index in [-0.39, 0.29) is 0 Å². The van der Waals surface area contributed by atoms with Gasteiger partial charge in [0.05, 0.1) is 0 Å². The van der Waals surface area contributed by atoms with E-state index in [1.54, 1.807) is 60.8 Å². The first-order valence-electron chi connectivity index (χ1n) is 6.08. The highest BCUT2D eigenvalue weighted by Gasteiger charge is 2.23. The number of carboxylic acid groups (broad SMARTS) is 1. The molecule has 0 heterocycles. The number of hydrogen-bond donors (Lipinski definition) is 1. The molecule has 0 saturated carbocycles. The van der Waals surface area contributed by atoms with Crippen LogP contribution in [0.3, 0.4) is 0 Å². The van der Waals surface area contributed by atoms with Crippen molar-refractivity contribution in [3.63, 3.8) is 0 Å². The van der Waals surface area contributed by atoms with E-state index in [9.17, 15) is 9.90 Å². The van der Waals surface area contributed by atoms with Gasteiger partial charge in [-0.05, 0) is 11.1 Å². The van der Waals surface area contributed by atoms with Gasteiger partial charge in [-0.3, -0.25) is 4.79 Å². The van der Waals surface area contributed by atoms with E-state index in [2.05, 4.69) is 26.3 Å². The van der Waals surface area contributed by atoms with Crippen LogP contribution in [0.1, 0.15) is 0 Å². The summed E-state index contributed by atoms with van der Waals surface area (Å²) in [4.78, 5) is 11.6. The molecule has 0 aliphatic rings. The summed E-state index contributed by atoms with van der Waals surface area (Å²) in [5, 5.41) is 9.50. The molecular formula is C18H20O2. The van der Waals surface area contributed by atoms with Gasteiger partial charge in [0.25, 0.3) is 0 Å². The maximum atomic E-state index is 11.6. The molecule has 2 heteroatoms. The van der Waals surface area contributed by atoms with Gasteiger partial charge in [-0.2, -0.15) is 0 Å². The van der Waals surface area contributed by atoms with Gasteiger partial charge < -0.3 is 5.11 Å². The predicted molar refractivity (Wildman–Crippen MR) is 86.4 cm³/mol. The van der Waals surface area contributed by atoms with Crippen LogP contribution in [0.2, 0.25) is 0 Å². The molecule has 0 aliphatic carbocycles. The third-order valence-corrected chi connectivity index (χ3v) is 2.38. The highest BCUT2D eigenvalue weighted by atomic mass is 16.4. The van der Waals surface area contributed by atoms with Crippen LogP contribution in [-0.4, -0.2) is 11.1 Å².